The van der Waals surface area contributed by atoms with E-state index >= 15 is 0 Å². The molecule has 0 unspecified atom stereocenters. The van der Waals surface area contributed by atoms with Gasteiger partial charge in [0.1, 0.15) is 0 Å². The molecule has 0 bridgehead atoms. The molecule has 1 N–H and O–H groups in total. The maximum absolute atomic E-state index is 13.3. The Kier molecular flexibility index (Phi) is 3.13. The van der Waals surface area contributed by atoms with Crippen LogP contribution in [0.15, 0.2) is 24.3 Å². The molecule has 17 heavy (non-hydrogen) atoms. The molecule has 92 valence electrons. The third-order valence-corrected chi connectivity index (χ3v) is 3.27. The van der Waals surface area contributed by atoms with Gasteiger partial charge in [0.05, 0.1) is 5.56 Å². The monoisotopic (exact) mass is 240 g/mol. The van der Waals surface area contributed by atoms with Gasteiger partial charge in [-0.2, -0.15) is 0 Å². The summed E-state index contributed by atoms with van der Waals surface area (Å²) in [6.45, 7) is 0. The first-order chi connectivity index (χ1) is 7.98. The Hall–Kier alpha value is -1.45. The number of alkyl halides is 2. The van der Waals surface area contributed by atoms with E-state index in [4.69, 9.17) is 5.11 Å². The van der Waals surface area contributed by atoms with E-state index in [1.807, 2.05) is 0 Å². The lowest BCUT2D eigenvalue weighted by molar-refractivity contribution is -0.0408. The van der Waals surface area contributed by atoms with Crippen LogP contribution < -0.4 is 0 Å². The number of hydrogen-bond acceptors (Lipinski definition) is 1. The first-order valence-electron chi connectivity index (χ1n) is 5.69. The molecule has 1 aromatic carbocycles. The number of hydrogen-bond donors (Lipinski definition) is 1. The number of benzene rings is 1. The van der Waals surface area contributed by atoms with Crippen molar-refractivity contribution < 1.29 is 18.7 Å². The second-order valence-corrected chi connectivity index (χ2v) is 4.58. The molecule has 1 atom stereocenters. The van der Waals surface area contributed by atoms with Crippen LogP contribution in [0.5, 0.6) is 0 Å². The zero-order valence-electron chi connectivity index (χ0n) is 9.33. The van der Waals surface area contributed by atoms with Gasteiger partial charge in [0.25, 0.3) is 0 Å². The normalized spacial score (nSPS) is 23.3. The Morgan fingerprint density at radius 1 is 1.29 bits per heavy atom. The second kappa shape index (κ2) is 4.43. The van der Waals surface area contributed by atoms with Gasteiger partial charge in [-0.25, -0.2) is 13.6 Å². The lowest BCUT2D eigenvalue weighted by atomic mass is 9.82. The van der Waals surface area contributed by atoms with Crippen LogP contribution in [0.25, 0.3) is 0 Å². The predicted octanol–water partition coefficient (Wildman–Crippen LogP) is 3.68. The van der Waals surface area contributed by atoms with E-state index in [2.05, 4.69) is 0 Å². The molecule has 0 saturated heterocycles. The summed E-state index contributed by atoms with van der Waals surface area (Å²) in [5, 5.41) is 8.75. The molecule has 0 aliphatic heterocycles. The van der Waals surface area contributed by atoms with Crippen molar-refractivity contribution in [2.75, 3.05) is 0 Å². The first kappa shape index (κ1) is 12.0. The summed E-state index contributed by atoms with van der Waals surface area (Å²) in [5.74, 6) is -3.72. The van der Waals surface area contributed by atoms with Crippen LogP contribution in [0.3, 0.4) is 0 Å². The summed E-state index contributed by atoms with van der Waals surface area (Å²) >= 11 is 0. The molecule has 1 aromatic rings. The maximum Gasteiger partial charge on any atom is 0.335 e. The van der Waals surface area contributed by atoms with Crippen molar-refractivity contribution in [3.8, 4) is 0 Å². The smallest absolute Gasteiger partial charge is 0.335 e. The molecule has 1 saturated carbocycles. The Morgan fingerprint density at radius 3 is 2.47 bits per heavy atom. The Balaban J connectivity index is 2.14. The number of carboxylic acid groups (broad SMARTS) is 1. The fourth-order valence-corrected chi connectivity index (χ4v) is 2.35. The van der Waals surface area contributed by atoms with Crippen LogP contribution in [0.4, 0.5) is 8.78 Å². The van der Waals surface area contributed by atoms with Gasteiger partial charge >= 0.3 is 5.97 Å². The van der Waals surface area contributed by atoms with Gasteiger partial charge in [-0.15, -0.1) is 0 Å². The van der Waals surface area contributed by atoms with Crippen molar-refractivity contribution in [3.63, 3.8) is 0 Å². The minimum absolute atomic E-state index is 0.0310. The SMILES string of the molecule is O=C(O)c1ccc([C@H]2CCCC(F)(F)C2)cc1. The highest BCUT2D eigenvalue weighted by Crippen LogP contribution is 2.41. The molecule has 0 radical (unpaired) electrons. The molecule has 1 fully saturated rings. The number of aromatic carboxylic acids is 1. The molecule has 2 rings (SSSR count). The van der Waals surface area contributed by atoms with Crippen LogP contribution in [0.2, 0.25) is 0 Å². The van der Waals surface area contributed by atoms with Crippen LogP contribution in [0, 0.1) is 0 Å². The Labute approximate surface area is 98.3 Å². The summed E-state index contributed by atoms with van der Waals surface area (Å²) in [5.41, 5.74) is 1.01. The van der Waals surface area contributed by atoms with Crippen LogP contribution in [-0.4, -0.2) is 17.0 Å². The molecule has 1 aliphatic carbocycles. The molecule has 1 aliphatic rings. The number of carboxylic acids is 1. The van der Waals surface area contributed by atoms with E-state index in [1.165, 1.54) is 12.1 Å². The van der Waals surface area contributed by atoms with E-state index in [-0.39, 0.29) is 24.3 Å². The zero-order valence-corrected chi connectivity index (χ0v) is 9.33. The highest BCUT2D eigenvalue weighted by atomic mass is 19.3. The van der Waals surface area contributed by atoms with Crippen LogP contribution in [0.1, 0.15) is 47.5 Å². The molecule has 0 spiro atoms. The standard InChI is InChI=1S/C13H14F2O2/c14-13(15)7-1-2-11(8-13)9-3-5-10(6-4-9)12(16)17/h3-6,11H,1-2,7-8H2,(H,16,17)/t11-/m0/s1. The minimum Gasteiger partial charge on any atom is -0.478 e. The molecule has 0 heterocycles. The fourth-order valence-electron chi connectivity index (χ4n) is 2.35. The van der Waals surface area contributed by atoms with E-state index in [9.17, 15) is 13.6 Å². The molecule has 0 amide bonds. The number of rotatable bonds is 2. The third-order valence-electron chi connectivity index (χ3n) is 3.27. The van der Waals surface area contributed by atoms with Crippen molar-refractivity contribution in [2.24, 2.45) is 0 Å². The Bertz CT molecular complexity index is 412. The highest BCUT2D eigenvalue weighted by Gasteiger charge is 2.36. The average Bonchev–Trinajstić information content (AvgIpc) is 2.28. The highest BCUT2D eigenvalue weighted by molar-refractivity contribution is 5.87. The van der Waals surface area contributed by atoms with Crippen molar-refractivity contribution in [2.45, 2.75) is 37.5 Å². The van der Waals surface area contributed by atoms with Crippen molar-refractivity contribution in [1.29, 1.82) is 0 Å². The average molecular weight is 240 g/mol. The van der Waals surface area contributed by atoms with Crippen LogP contribution in [-0.2, 0) is 0 Å². The van der Waals surface area contributed by atoms with Crippen molar-refractivity contribution in [1.82, 2.24) is 0 Å². The van der Waals surface area contributed by atoms with Gasteiger partial charge in [0.2, 0.25) is 5.92 Å². The summed E-state index contributed by atoms with van der Waals surface area (Å²) < 4.78 is 26.5. The molecular weight excluding hydrogens is 226 g/mol. The predicted molar refractivity (Wildman–Crippen MR) is 59.6 cm³/mol. The first-order valence-corrected chi connectivity index (χ1v) is 5.69. The molecule has 0 aromatic heterocycles. The fraction of sp³-hybridized carbons (Fsp3) is 0.462. The van der Waals surface area contributed by atoms with Gasteiger partial charge < -0.3 is 5.11 Å². The lowest BCUT2D eigenvalue weighted by Gasteiger charge is -2.29. The zero-order chi connectivity index (χ0) is 12.5. The topological polar surface area (TPSA) is 37.3 Å². The van der Waals surface area contributed by atoms with Gasteiger partial charge in [0.15, 0.2) is 0 Å². The molecular formula is C13H14F2O2. The van der Waals surface area contributed by atoms with Gasteiger partial charge in [-0.1, -0.05) is 12.1 Å². The van der Waals surface area contributed by atoms with Gasteiger partial charge in [-0.05, 0) is 36.5 Å². The van der Waals surface area contributed by atoms with Gasteiger partial charge in [-0.3, -0.25) is 0 Å². The van der Waals surface area contributed by atoms with Gasteiger partial charge in [0, 0.05) is 12.8 Å². The summed E-state index contributed by atoms with van der Waals surface area (Å²) in [7, 11) is 0. The van der Waals surface area contributed by atoms with Crippen molar-refractivity contribution in [3.05, 3.63) is 35.4 Å². The number of carbonyl (C=O) groups is 1. The lowest BCUT2D eigenvalue weighted by Crippen LogP contribution is -2.24. The van der Waals surface area contributed by atoms with E-state index in [0.29, 0.717) is 6.42 Å². The quantitative estimate of drug-likeness (QED) is 0.856. The largest absolute Gasteiger partial charge is 0.478 e. The van der Waals surface area contributed by atoms with Crippen LogP contribution >= 0.6 is 0 Å². The second-order valence-electron chi connectivity index (χ2n) is 4.58. The Morgan fingerprint density at radius 2 is 1.94 bits per heavy atom. The summed E-state index contributed by atoms with van der Waals surface area (Å²) in [6, 6.07) is 6.25. The molecule has 4 heteroatoms. The molecule has 2 nitrogen and oxygen atoms in total. The van der Waals surface area contributed by atoms with E-state index in [1.54, 1.807) is 12.1 Å². The van der Waals surface area contributed by atoms with E-state index in [0.717, 1.165) is 12.0 Å². The number of halogens is 2. The summed E-state index contributed by atoms with van der Waals surface area (Å²) in [4.78, 5) is 10.7. The maximum atomic E-state index is 13.3. The van der Waals surface area contributed by atoms with E-state index < -0.39 is 11.9 Å². The van der Waals surface area contributed by atoms with Crippen molar-refractivity contribution >= 4 is 5.97 Å². The summed E-state index contributed by atoms with van der Waals surface area (Å²) in [6.07, 6.45) is 1.12. The minimum atomic E-state index is -2.58. The third kappa shape index (κ3) is 2.81.